The standard InChI is InChI=1S/C18H24N4O/c1-10-11(2)21-16-15(10)17(20-9-19-16)22-14-4-3-6-18-12(5-7-23-18)8-13(14)18/h9,12-14H,3-8H2,1-2H3,(H2,19,20,21,22). The molecule has 5 rings (SSSR count). The van der Waals surface area contributed by atoms with E-state index in [1.54, 1.807) is 6.33 Å². The normalized spacial score (nSPS) is 35.7. The zero-order chi connectivity index (χ0) is 15.6. The van der Waals surface area contributed by atoms with E-state index < -0.39 is 0 Å². The number of hydrogen-bond acceptors (Lipinski definition) is 4. The Morgan fingerprint density at radius 3 is 3.09 bits per heavy atom. The van der Waals surface area contributed by atoms with Crippen molar-refractivity contribution in [2.24, 2.45) is 11.8 Å². The molecule has 122 valence electrons. The van der Waals surface area contributed by atoms with Crippen LogP contribution in [0.25, 0.3) is 11.0 Å². The predicted molar refractivity (Wildman–Crippen MR) is 89.5 cm³/mol. The molecule has 4 unspecified atom stereocenters. The van der Waals surface area contributed by atoms with Gasteiger partial charge in [0, 0.05) is 24.3 Å². The maximum atomic E-state index is 6.25. The number of aromatic amines is 1. The molecule has 0 aromatic carbocycles. The van der Waals surface area contributed by atoms with Gasteiger partial charge in [0.25, 0.3) is 0 Å². The van der Waals surface area contributed by atoms with Crippen LogP contribution in [0.3, 0.4) is 0 Å². The molecule has 0 amide bonds. The van der Waals surface area contributed by atoms with Crippen LogP contribution >= 0.6 is 0 Å². The first-order valence-corrected chi connectivity index (χ1v) is 8.89. The third kappa shape index (κ3) is 1.77. The van der Waals surface area contributed by atoms with Gasteiger partial charge in [-0.05, 0) is 57.4 Å². The summed E-state index contributed by atoms with van der Waals surface area (Å²) in [7, 11) is 0. The molecule has 1 saturated heterocycles. The molecular formula is C18H24N4O. The third-order valence-electron chi connectivity index (χ3n) is 6.68. The monoisotopic (exact) mass is 312 g/mol. The Balaban J connectivity index is 1.48. The van der Waals surface area contributed by atoms with E-state index in [9.17, 15) is 0 Å². The molecule has 5 nitrogen and oxygen atoms in total. The fourth-order valence-electron chi connectivity index (χ4n) is 5.34. The third-order valence-corrected chi connectivity index (χ3v) is 6.68. The molecule has 23 heavy (non-hydrogen) atoms. The molecule has 0 bridgehead atoms. The number of nitrogens with one attached hydrogen (secondary N) is 2. The lowest BCUT2D eigenvalue weighted by atomic mass is 9.53. The van der Waals surface area contributed by atoms with Crippen molar-refractivity contribution in [3.8, 4) is 0 Å². The fraction of sp³-hybridized carbons (Fsp3) is 0.667. The number of hydrogen-bond donors (Lipinski definition) is 2. The summed E-state index contributed by atoms with van der Waals surface area (Å²) in [4.78, 5) is 12.3. The molecule has 1 spiro atoms. The average molecular weight is 312 g/mol. The maximum absolute atomic E-state index is 6.25. The Kier molecular flexibility index (Phi) is 2.81. The van der Waals surface area contributed by atoms with Crippen molar-refractivity contribution in [1.29, 1.82) is 0 Å². The Bertz CT molecular complexity index is 770. The van der Waals surface area contributed by atoms with Gasteiger partial charge in [-0.15, -0.1) is 0 Å². The van der Waals surface area contributed by atoms with Crippen molar-refractivity contribution >= 4 is 16.9 Å². The van der Waals surface area contributed by atoms with Gasteiger partial charge in [-0.1, -0.05) is 0 Å². The highest BCUT2D eigenvalue weighted by atomic mass is 16.5. The zero-order valence-corrected chi connectivity index (χ0v) is 13.9. The van der Waals surface area contributed by atoms with Crippen LogP contribution in [-0.4, -0.2) is 33.2 Å². The quantitative estimate of drug-likeness (QED) is 0.893. The molecule has 2 N–H and O–H groups in total. The van der Waals surface area contributed by atoms with E-state index in [2.05, 4.69) is 34.1 Å². The van der Waals surface area contributed by atoms with E-state index in [0.717, 1.165) is 29.4 Å². The molecule has 1 aliphatic heterocycles. The molecule has 2 aromatic rings. The summed E-state index contributed by atoms with van der Waals surface area (Å²) in [5.74, 6) is 2.44. The van der Waals surface area contributed by atoms with E-state index in [1.165, 1.54) is 43.4 Å². The number of fused-ring (bicyclic) bond motifs is 1. The predicted octanol–water partition coefficient (Wildman–Crippen LogP) is 3.33. The SMILES string of the molecule is Cc1[nH]c2ncnc(NC3CCCC45OCCC4CC35)c2c1C. The maximum Gasteiger partial charge on any atom is 0.143 e. The van der Waals surface area contributed by atoms with Gasteiger partial charge in [0.15, 0.2) is 0 Å². The second kappa shape index (κ2) is 4.69. The zero-order valence-electron chi connectivity index (χ0n) is 13.9. The van der Waals surface area contributed by atoms with Crippen LogP contribution in [0.2, 0.25) is 0 Å². The van der Waals surface area contributed by atoms with Gasteiger partial charge in [-0.25, -0.2) is 9.97 Å². The molecule has 3 aliphatic rings. The number of anilines is 1. The largest absolute Gasteiger partial charge is 0.374 e. The van der Waals surface area contributed by atoms with Crippen LogP contribution in [0.5, 0.6) is 0 Å². The van der Waals surface area contributed by atoms with Crippen LogP contribution < -0.4 is 5.32 Å². The summed E-state index contributed by atoms with van der Waals surface area (Å²) < 4.78 is 6.25. The Morgan fingerprint density at radius 1 is 1.30 bits per heavy atom. The van der Waals surface area contributed by atoms with Crippen molar-refractivity contribution in [3.63, 3.8) is 0 Å². The van der Waals surface area contributed by atoms with E-state index in [-0.39, 0.29) is 5.60 Å². The van der Waals surface area contributed by atoms with Crippen LogP contribution in [0.4, 0.5) is 5.82 Å². The van der Waals surface area contributed by atoms with Gasteiger partial charge in [-0.2, -0.15) is 0 Å². The topological polar surface area (TPSA) is 62.8 Å². The lowest BCUT2D eigenvalue weighted by Gasteiger charge is -2.57. The van der Waals surface area contributed by atoms with E-state index in [4.69, 9.17) is 4.74 Å². The number of aryl methyl sites for hydroxylation is 2. The van der Waals surface area contributed by atoms with Gasteiger partial charge in [0.2, 0.25) is 0 Å². The minimum Gasteiger partial charge on any atom is -0.374 e. The van der Waals surface area contributed by atoms with Crippen molar-refractivity contribution in [1.82, 2.24) is 15.0 Å². The first kappa shape index (κ1) is 13.8. The molecular weight excluding hydrogens is 288 g/mol. The molecule has 5 heteroatoms. The fourth-order valence-corrected chi connectivity index (χ4v) is 5.34. The van der Waals surface area contributed by atoms with Crippen LogP contribution in [0.15, 0.2) is 6.33 Å². The highest BCUT2D eigenvalue weighted by Crippen LogP contribution is 2.59. The summed E-state index contributed by atoms with van der Waals surface area (Å²) in [6.45, 7) is 5.20. The lowest BCUT2D eigenvalue weighted by Crippen LogP contribution is -2.61. The smallest absolute Gasteiger partial charge is 0.143 e. The number of nitrogens with zero attached hydrogens (tertiary/aromatic N) is 2. The van der Waals surface area contributed by atoms with Crippen molar-refractivity contribution in [2.75, 3.05) is 11.9 Å². The molecule has 2 saturated carbocycles. The van der Waals surface area contributed by atoms with Crippen molar-refractivity contribution in [2.45, 2.75) is 57.6 Å². The molecule has 0 radical (unpaired) electrons. The Hall–Kier alpha value is -1.62. The highest BCUT2D eigenvalue weighted by Gasteiger charge is 2.62. The molecule has 2 aliphatic carbocycles. The Labute approximate surface area is 136 Å². The number of rotatable bonds is 2. The highest BCUT2D eigenvalue weighted by molar-refractivity contribution is 5.91. The summed E-state index contributed by atoms with van der Waals surface area (Å²) in [6.07, 6.45) is 7.96. The van der Waals surface area contributed by atoms with Crippen LogP contribution in [0, 0.1) is 25.7 Å². The summed E-state index contributed by atoms with van der Waals surface area (Å²) in [5.41, 5.74) is 3.54. The minimum atomic E-state index is 0.186. The second-order valence-corrected chi connectivity index (χ2v) is 7.60. The van der Waals surface area contributed by atoms with Crippen molar-refractivity contribution < 1.29 is 4.74 Å². The van der Waals surface area contributed by atoms with Gasteiger partial charge >= 0.3 is 0 Å². The summed E-state index contributed by atoms with van der Waals surface area (Å²) in [6, 6.07) is 0.478. The average Bonchev–Trinajstić information content (AvgIpc) is 2.97. The minimum absolute atomic E-state index is 0.186. The number of aromatic nitrogens is 3. The molecule has 4 atom stereocenters. The van der Waals surface area contributed by atoms with Gasteiger partial charge in [0.05, 0.1) is 11.0 Å². The van der Waals surface area contributed by atoms with Crippen LogP contribution in [0.1, 0.15) is 43.4 Å². The van der Waals surface area contributed by atoms with Crippen LogP contribution in [-0.2, 0) is 4.74 Å². The van der Waals surface area contributed by atoms with E-state index in [0.29, 0.717) is 12.0 Å². The lowest BCUT2D eigenvalue weighted by molar-refractivity contribution is -0.160. The molecule has 3 heterocycles. The van der Waals surface area contributed by atoms with E-state index >= 15 is 0 Å². The van der Waals surface area contributed by atoms with Crippen molar-refractivity contribution in [3.05, 3.63) is 17.6 Å². The molecule has 3 fully saturated rings. The van der Waals surface area contributed by atoms with Gasteiger partial charge in [0.1, 0.15) is 17.8 Å². The summed E-state index contributed by atoms with van der Waals surface area (Å²) >= 11 is 0. The van der Waals surface area contributed by atoms with Gasteiger partial charge < -0.3 is 15.0 Å². The molecule has 2 aromatic heterocycles. The first-order chi connectivity index (χ1) is 11.2. The number of ether oxygens (including phenoxy) is 1. The first-order valence-electron chi connectivity index (χ1n) is 8.89. The number of H-pyrrole nitrogens is 1. The van der Waals surface area contributed by atoms with Gasteiger partial charge in [-0.3, -0.25) is 0 Å². The second-order valence-electron chi connectivity index (χ2n) is 7.60. The Morgan fingerprint density at radius 2 is 2.22 bits per heavy atom. The summed E-state index contributed by atoms with van der Waals surface area (Å²) in [5, 5.41) is 4.91. The van der Waals surface area contributed by atoms with E-state index in [1.807, 2.05) is 0 Å².